The predicted octanol–water partition coefficient (Wildman–Crippen LogP) is 1.98. The van der Waals surface area contributed by atoms with Crippen LogP contribution in [0.3, 0.4) is 0 Å². The molecule has 162 valence electrons. The molecular formula is C23H22NNaO7. The van der Waals surface area contributed by atoms with Gasteiger partial charge < -0.3 is 19.3 Å². The Morgan fingerprint density at radius 3 is 1.81 bits per heavy atom. The summed E-state index contributed by atoms with van der Waals surface area (Å²) in [6.45, 7) is -0.726. The molecule has 0 unspecified atom stereocenters. The van der Waals surface area contributed by atoms with Crippen LogP contribution in [0.4, 0.5) is 0 Å². The molecule has 2 aromatic rings. The topological polar surface area (TPSA) is 102 Å². The third kappa shape index (κ3) is 5.21. The molecule has 0 saturated carbocycles. The molecule has 0 aliphatic carbocycles. The number of carbonyl (C=O) groups is 3. The summed E-state index contributed by atoms with van der Waals surface area (Å²) in [5, 5.41) is 9.12. The normalized spacial score (nSPS) is 15.7. The fraction of sp³-hybridized carbons (Fsp3) is 0.174. The number of rotatable bonds is 7. The molecule has 1 fully saturated rings. The Morgan fingerprint density at radius 2 is 1.38 bits per heavy atom. The monoisotopic (exact) mass is 447 g/mol. The van der Waals surface area contributed by atoms with Gasteiger partial charge in [0.25, 0.3) is 11.8 Å². The molecule has 2 amide bonds. The van der Waals surface area contributed by atoms with Crippen molar-refractivity contribution in [1.82, 2.24) is 4.90 Å². The second-order valence-electron chi connectivity index (χ2n) is 6.58. The van der Waals surface area contributed by atoms with Gasteiger partial charge in [0.2, 0.25) is 5.75 Å². The van der Waals surface area contributed by atoms with Crippen LogP contribution in [-0.2, 0) is 14.4 Å². The van der Waals surface area contributed by atoms with E-state index in [-0.39, 0.29) is 40.7 Å². The Labute approximate surface area is 207 Å². The van der Waals surface area contributed by atoms with Crippen molar-refractivity contribution >= 4 is 59.5 Å². The summed E-state index contributed by atoms with van der Waals surface area (Å²) in [6, 6.07) is 12.2. The van der Waals surface area contributed by atoms with E-state index in [1.54, 1.807) is 42.5 Å². The van der Waals surface area contributed by atoms with Crippen molar-refractivity contribution in [1.29, 1.82) is 0 Å². The number of carboxylic acid groups (broad SMARTS) is 1. The fourth-order valence-electron chi connectivity index (χ4n) is 3.24. The van der Waals surface area contributed by atoms with Gasteiger partial charge in [-0.3, -0.25) is 19.3 Å². The number of methoxy groups -OCH3 is 3. The molecule has 1 aliphatic heterocycles. The zero-order valence-corrected chi connectivity index (χ0v) is 17.2. The van der Waals surface area contributed by atoms with Crippen molar-refractivity contribution in [2.45, 2.75) is 0 Å². The number of hydrogen-bond donors (Lipinski definition) is 1. The summed E-state index contributed by atoms with van der Waals surface area (Å²) < 4.78 is 16.0. The molecule has 3 rings (SSSR count). The van der Waals surface area contributed by atoms with Crippen molar-refractivity contribution in [3.63, 3.8) is 0 Å². The van der Waals surface area contributed by atoms with E-state index in [0.29, 0.717) is 33.3 Å². The van der Waals surface area contributed by atoms with Crippen LogP contribution in [0.25, 0.3) is 12.2 Å². The van der Waals surface area contributed by atoms with Gasteiger partial charge in [-0.2, -0.15) is 0 Å². The molecule has 0 spiro atoms. The second kappa shape index (κ2) is 11.0. The molecule has 0 aromatic heterocycles. The molecule has 1 saturated heterocycles. The molecule has 2 aromatic carbocycles. The van der Waals surface area contributed by atoms with Gasteiger partial charge in [0, 0.05) is 0 Å². The van der Waals surface area contributed by atoms with Gasteiger partial charge in [0.05, 0.1) is 32.5 Å². The molecule has 9 heteroatoms. The Hall–Kier alpha value is -3.07. The second-order valence-corrected chi connectivity index (χ2v) is 6.58. The van der Waals surface area contributed by atoms with E-state index in [4.69, 9.17) is 19.3 Å². The summed E-state index contributed by atoms with van der Waals surface area (Å²) in [6.07, 6.45) is 3.06. The number of ether oxygens (including phenoxy) is 3. The molecule has 32 heavy (non-hydrogen) atoms. The first kappa shape index (κ1) is 25.2. The average molecular weight is 447 g/mol. The van der Waals surface area contributed by atoms with Crippen molar-refractivity contribution < 1.29 is 33.7 Å². The minimum absolute atomic E-state index is 0. The van der Waals surface area contributed by atoms with E-state index in [9.17, 15) is 14.4 Å². The number of hydrogen-bond acceptors (Lipinski definition) is 6. The van der Waals surface area contributed by atoms with Gasteiger partial charge >= 0.3 is 35.5 Å². The fourth-order valence-corrected chi connectivity index (χ4v) is 3.24. The number of aliphatic carboxylic acids is 1. The number of carboxylic acids is 1. The van der Waals surface area contributed by atoms with Crippen LogP contribution in [0.5, 0.6) is 17.2 Å². The molecule has 0 bridgehead atoms. The molecule has 1 N–H and O–H groups in total. The average Bonchev–Trinajstić information content (AvgIpc) is 2.97. The number of likely N-dealkylation sites (tertiary alicyclic amines) is 1. The first-order valence-electron chi connectivity index (χ1n) is 9.26. The molecular weight excluding hydrogens is 425 g/mol. The van der Waals surface area contributed by atoms with Crippen LogP contribution >= 0.6 is 0 Å². The maximum absolute atomic E-state index is 12.9. The van der Waals surface area contributed by atoms with Gasteiger partial charge in [-0.25, -0.2) is 0 Å². The van der Waals surface area contributed by atoms with Gasteiger partial charge in [-0.15, -0.1) is 0 Å². The number of amides is 2. The van der Waals surface area contributed by atoms with E-state index in [2.05, 4.69) is 0 Å². The van der Waals surface area contributed by atoms with Gasteiger partial charge in [0.15, 0.2) is 11.5 Å². The predicted molar refractivity (Wildman–Crippen MR) is 120 cm³/mol. The van der Waals surface area contributed by atoms with Gasteiger partial charge in [-0.1, -0.05) is 30.3 Å². The van der Waals surface area contributed by atoms with Crippen LogP contribution in [0.2, 0.25) is 0 Å². The maximum atomic E-state index is 12.9. The zero-order chi connectivity index (χ0) is 22.5. The van der Waals surface area contributed by atoms with E-state index in [1.165, 1.54) is 27.4 Å². The molecule has 1 aliphatic rings. The molecule has 1 heterocycles. The molecule has 8 nitrogen and oxygen atoms in total. The Bertz CT molecular complexity index is 1070. The van der Waals surface area contributed by atoms with E-state index in [0.717, 1.165) is 0 Å². The molecule has 0 radical (unpaired) electrons. The standard InChI is InChI=1S/C23H21NO7.Na.H/c1-29-18-11-15(12-19(30-2)21(18)31-3)10-17-16(9-14-7-5-4-6-8-14)22(27)24(23(17)28)13-20(25)26;;/h4-12H,13H2,1-3H3,(H,25,26);;/b16-9+,17-10+;;. The first-order valence-corrected chi connectivity index (χ1v) is 9.26. The van der Waals surface area contributed by atoms with Crippen LogP contribution in [-0.4, -0.2) is 85.2 Å². The van der Waals surface area contributed by atoms with Crippen molar-refractivity contribution in [3.8, 4) is 17.2 Å². The first-order chi connectivity index (χ1) is 14.9. The van der Waals surface area contributed by atoms with Gasteiger partial charge in [-0.05, 0) is 35.4 Å². The van der Waals surface area contributed by atoms with Gasteiger partial charge in [0.1, 0.15) is 6.54 Å². The number of imide groups is 1. The van der Waals surface area contributed by atoms with Crippen LogP contribution in [0.1, 0.15) is 11.1 Å². The Kier molecular flexibility index (Phi) is 8.65. The van der Waals surface area contributed by atoms with Crippen molar-refractivity contribution in [3.05, 3.63) is 64.7 Å². The summed E-state index contributed by atoms with van der Waals surface area (Å²) >= 11 is 0. The Morgan fingerprint density at radius 1 is 0.875 bits per heavy atom. The summed E-state index contributed by atoms with van der Waals surface area (Å²) in [7, 11) is 4.41. The number of benzene rings is 2. The minimum atomic E-state index is -1.28. The Balaban J connectivity index is 0.00000363. The third-order valence-corrected chi connectivity index (χ3v) is 4.64. The van der Waals surface area contributed by atoms with E-state index >= 15 is 0 Å². The van der Waals surface area contributed by atoms with E-state index in [1.807, 2.05) is 6.07 Å². The van der Waals surface area contributed by atoms with Crippen LogP contribution in [0.15, 0.2) is 53.6 Å². The van der Waals surface area contributed by atoms with Crippen molar-refractivity contribution in [2.75, 3.05) is 27.9 Å². The quantitative estimate of drug-likeness (QED) is 0.393. The number of carbonyl (C=O) groups excluding carboxylic acids is 2. The molecule has 0 atom stereocenters. The summed E-state index contributed by atoms with van der Waals surface area (Å²) in [5.41, 5.74) is 1.39. The summed E-state index contributed by atoms with van der Waals surface area (Å²) in [5.74, 6) is -1.51. The van der Waals surface area contributed by atoms with Crippen LogP contribution < -0.4 is 14.2 Å². The SMILES string of the molecule is COc1cc(/C=C2/C(=O)N(CC(=O)O)C(=O)/C2=C/c2ccccc2)cc(OC)c1OC.[NaH]. The third-order valence-electron chi connectivity index (χ3n) is 4.64. The number of nitrogens with zero attached hydrogens (tertiary/aromatic N) is 1. The van der Waals surface area contributed by atoms with Crippen LogP contribution in [0, 0.1) is 0 Å². The summed E-state index contributed by atoms with van der Waals surface area (Å²) in [4.78, 5) is 37.7. The zero-order valence-electron chi connectivity index (χ0n) is 17.2. The van der Waals surface area contributed by atoms with Crippen molar-refractivity contribution in [2.24, 2.45) is 0 Å². The van der Waals surface area contributed by atoms with E-state index < -0.39 is 24.3 Å².